The van der Waals surface area contributed by atoms with Crippen LogP contribution in [0.3, 0.4) is 0 Å². The first kappa shape index (κ1) is 8.91. The fourth-order valence-corrected chi connectivity index (χ4v) is 0.702. The lowest BCUT2D eigenvalue weighted by Gasteiger charge is -2.08. The van der Waals surface area contributed by atoms with Crippen LogP contribution in [-0.2, 0) is 0 Å². The van der Waals surface area contributed by atoms with Crippen LogP contribution in [0.1, 0.15) is 20.8 Å². The molecule has 0 unspecified atom stereocenters. The predicted octanol–water partition coefficient (Wildman–Crippen LogP) is 3.57. The maximum atomic E-state index is 4.15. The fourth-order valence-electron chi connectivity index (χ4n) is 0.702. The van der Waals surface area contributed by atoms with Gasteiger partial charge in [0.05, 0.1) is 11.2 Å². The first-order valence-electron chi connectivity index (χ1n) is 4.06. The molecular formula is C10H14N2. The molecule has 1 aromatic rings. The Labute approximate surface area is 73.3 Å². The Morgan fingerprint density at radius 2 is 1.58 bits per heavy atom. The fraction of sp³-hybridized carbons (Fsp3) is 0.400. The third kappa shape index (κ3) is 3.28. The molecule has 64 valence electrons. The van der Waals surface area contributed by atoms with Crippen molar-refractivity contribution in [1.29, 1.82) is 0 Å². The normalized spacial score (nSPS) is 12.2. The summed E-state index contributed by atoms with van der Waals surface area (Å²) < 4.78 is 0. The maximum absolute atomic E-state index is 4.15. The zero-order chi connectivity index (χ0) is 9.03. The molecule has 0 bridgehead atoms. The summed E-state index contributed by atoms with van der Waals surface area (Å²) in [5.41, 5.74) is 0.822. The van der Waals surface area contributed by atoms with Gasteiger partial charge in [-0.25, -0.2) is 0 Å². The third-order valence-electron chi connectivity index (χ3n) is 1.22. The third-order valence-corrected chi connectivity index (χ3v) is 1.22. The van der Waals surface area contributed by atoms with Crippen molar-refractivity contribution in [3.05, 3.63) is 30.3 Å². The number of benzene rings is 1. The summed E-state index contributed by atoms with van der Waals surface area (Å²) in [6, 6.07) is 9.76. The van der Waals surface area contributed by atoms with Gasteiger partial charge in [0, 0.05) is 0 Å². The van der Waals surface area contributed by atoms with Gasteiger partial charge in [0.15, 0.2) is 0 Å². The Bertz CT molecular complexity index is 257. The molecule has 0 radical (unpaired) electrons. The van der Waals surface area contributed by atoms with E-state index in [1.165, 1.54) is 0 Å². The van der Waals surface area contributed by atoms with Crippen LogP contribution in [0, 0.1) is 0 Å². The predicted molar refractivity (Wildman–Crippen MR) is 50.7 cm³/mol. The molecule has 2 nitrogen and oxygen atoms in total. The number of azo groups is 1. The van der Waals surface area contributed by atoms with Gasteiger partial charge < -0.3 is 0 Å². The lowest BCUT2D eigenvalue weighted by Crippen LogP contribution is -2.07. The number of hydrogen-bond donors (Lipinski definition) is 0. The molecule has 0 aliphatic carbocycles. The van der Waals surface area contributed by atoms with Crippen LogP contribution in [0.25, 0.3) is 0 Å². The van der Waals surface area contributed by atoms with E-state index in [1.54, 1.807) is 0 Å². The van der Waals surface area contributed by atoms with Crippen molar-refractivity contribution in [2.45, 2.75) is 26.3 Å². The van der Waals surface area contributed by atoms with Gasteiger partial charge in [-0.05, 0) is 32.9 Å². The Balaban J connectivity index is 2.71. The topological polar surface area (TPSA) is 24.7 Å². The van der Waals surface area contributed by atoms with Gasteiger partial charge >= 0.3 is 0 Å². The quantitative estimate of drug-likeness (QED) is 0.564. The van der Waals surface area contributed by atoms with Gasteiger partial charge in [-0.15, -0.1) is 0 Å². The van der Waals surface area contributed by atoms with Crippen molar-refractivity contribution in [3.63, 3.8) is 0 Å². The molecule has 0 N–H and O–H groups in total. The largest absolute Gasteiger partial charge is 0.183 e. The zero-order valence-corrected chi connectivity index (χ0v) is 7.78. The van der Waals surface area contributed by atoms with Crippen molar-refractivity contribution in [1.82, 2.24) is 0 Å². The van der Waals surface area contributed by atoms with Crippen molar-refractivity contribution in [2.24, 2.45) is 10.2 Å². The summed E-state index contributed by atoms with van der Waals surface area (Å²) in [5.74, 6) is 0. The summed E-state index contributed by atoms with van der Waals surface area (Å²) in [6.45, 7) is 6.08. The summed E-state index contributed by atoms with van der Waals surface area (Å²) in [7, 11) is 0. The van der Waals surface area contributed by atoms with Crippen LogP contribution in [0.4, 0.5) is 5.69 Å². The molecule has 0 aliphatic heterocycles. The molecule has 0 amide bonds. The van der Waals surface area contributed by atoms with Gasteiger partial charge in [-0.2, -0.15) is 10.2 Å². The molecule has 0 atom stereocenters. The minimum absolute atomic E-state index is 0.0875. The number of hydrogen-bond acceptors (Lipinski definition) is 2. The molecule has 0 aromatic heterocycles. The molecule has 1 rings (SSSR count). The molecule has 12 heavy (non-hydrogen) atoms. The molecule has 0 spiro atoms. The van der Waals surface area contributed by atoms with Crippen LogP contribution in [0.5, 0.6) is 0 Å². The molecule has 0 fully saturated rings. The molecule has 2 heteroatoms. The maximum Gasteiger partial charge on any atom is 0.0852 e. The molecule has 0 heterocycles. The molecular weight excluding hydrogens is 148 g/mol. The molecule has 0 saturated heterocycles. The van der Waals surface area contributed by atoms with Gasteiger partial charge in [-0.1, -0.05) is 18.2 Å². The van der Waals surface area contributed by atoms with E-state index < -0.39 is 0 Å². The monoisotopic (exact) mass is 162 g/mol. The average molecular weight is 162 g/mol. The molecule has 1 aromatic carbocycles. The standard InChI is InChI=1S/C10H14N2/c1-10(2,3)12-11-9-7-5-4-6-8-9/h4-8H,1-3H3. The van der Waals surface area contributed by atoms with Gasteiger partial charge in [0.1, 0.15) is 0 Å². The van der Waals surface area contributed by atoms with Crippen LogP contribution >= 0.6 is 0 Å². The second kappa shape index (κ2) is 3.48. The molecule has 0 saturated carbocycles. The van der Waals surface area contributed by atoms with E-state index in [0.29, 0.717) is 0 Å². The van der Waals surface area contributed by atoms with Gasteiger partial charge in [0.25, 0.3) is 0 Å². The highest BCUT2D eigenvalue weighted by molar-refractivity contribution is 5.34. The van der Waals surface area contributed by atoms with E-state index in [4.69, 9.17) is 0 Å². The molecule has 0 aliphatic rings. The van der Waals surface area contributed by atoms with Crippen molar-refractivity contribution >= 4 is 5.69 Å². The summed E-state index contributed by atoms with van der Waals surface area (Å²) in [6.07, 6.45) is 0. The summed E-state index contributed by atoms with van der Waals surface area (Å²) >= 11 is 0. The summed E-state index contributed by atoms with van der Waals surface area (Å²) in [5, 5.41) is 8.25. The minimum atomic E-state index is -0.0875. The lowest BCUT2D eigenvalue weighted by atomic mass is 10.1. The highest BCUT2D eigenvalue weighted by Gasteiger charge is 2.05. The van der Waals surface area contributed by atoms with Crippen LogP contribution in [0.15, 0.2) is 40.6 Å². The van der Waals surface area contributed by atoms with Gasteiger partial charge in [0.2, 0.25) is 0 Å². The van der Waals surface area contributed by atoms with Crippen molar-refractivity contribution < 1.29 is 0 Å². The smallest absolute Gasteiger partial charge is 0.0852 e. The van der Waals surface area contributed by atoms with Crippen LogP contribution in [0.2, 0.25) is 0 Å². The minimum Gasteiger partial charge on any atom is -0.183 e. The highest BCUT2D eigenvalue weighted by Crippen LogP contribution is 2.15. The first-order valence-corrected chi connectivity index (χ1v) is 4.06. The van der Waals surface area contributed by atoms with E-state index in [0.717, 1.165) is 5.69 Å². The average Bonchev–Trinajstić information content (AvgIpc) is 2.02. The first-order chi connectivity index (χ1) is 5.58. The van der Waals surface area contributed by atoms with E-state index in [1.807, 2.05) is 51.1 Å². The number of nitrogens with zero attached hydrogens (tertiary/aromatic N) is 2. The Morgan fingerprint density at radius 1 is 1.00 bits per heavy atom. The number of rotatable bonds is 1. The lowest BCUT2D eigenvalue weighted by molar-refractivity contribution is 0.552. The summed E-state index contributed by atoms with van der Waals surface area (Å²) in [4.78, 5) is 0. The Morgan fingerprint density at radius 3 is 2.08 bits per heavy atom. The van der Waals surface area contributed by atoms with Crippen LogP contribution < -0.4 is 0 Å². The van der Waals surface area contributed by atoms with E-state index in [-0.39, 0.29) is 5.54 Å². The Hall–Kier alpha value is -1.18. The SMILES string of the molecule is CC(C)(C)N=Nc1ccccc1. The van der Waals surface area contributed by atoms with Crippen LogP contribution in [-0.4, -0.2) is 5.54 Å². The van der Waals surface area contributed by atoms with Crippen molar-refractivity contribution in [2.75, 3.05) is 0 Å². The zero-order valence-electron chi connectivity index (χ0n) is 7.78. The van der Waals surface area contributed by atoms with E-state index in [2.05, 4.69) is 10.2 Å². The Kier molecular flexibility index (Phi) is 2.58. The van der Waals surface area contributed by atoms with Gasteiger partial charge in [-0.3, -0.25) is 0 Å². The van der Waals surface area contributed by atoms with E-state index in [9.17, 15) is 0 Å². The second-order valence-corrected chi connectivity index (χ2v) is 3.71. The van der Waals surface area contributed by atoms with E-state index >= 15 is 0 Å². The van der Waals surface area contributed by atoms with Crippen molar-refractivity contribution in [3.8, 4) is 0 Å². The second-order valence-electron chi connectivity index (χ2n) is 3.71. The highest BCUT2D eigenvalue weighted by atomic mass is 15.1.